The van der Waals surface area contributed by atoms with Gasteiger partial charge in [-0.05, 0) is 49.6 Å². The van der Waals surface area contributed by atoms with Crippen molar-refractivity contribution in [1.29, 1.82) is 0 Å². The van der Waals surface area contributed by atoms with Crippen LogP contribution in [0.15, 0.2) is 36.4 Å². The number of hydrogen-bond donors (Lipinski definition) is 1. The average molecular weight is 286 g/mol. The summed E-state index contributed by atoms with van der Waals surface area (Å²) in [6, 6.07) is 11.4. The lowest BCUT2D eigenvalue weighted by Crippen LogP contribution is -2.24. The minimum Gasteiger partial charge on any atom is -0.497 e. The van der Waals surface area contributed by atoms with Crippen LogP contribution < -0.4 is 9.47 Å². The molecule has 0 heterocycles. The van der Waals surface area contributed by atoms with E-state index in [9.17, 15) is 5.11 Å². The molecular weight excluding hydrogens is 264 g/mol. The summed E-state index contributed by atoms with van der Waals surface area (Å²) in [4.78, 5) is 0. The van der Waals surface area contributed by atoms with Crippen molar-refractivity contribution >= 4 is 0 Å². The molecular formula is C18H22O3. The quantitative estimate of drug-likeness (QED) is 0.933. The molecule has 1 unspecified atom stereocenters. The molecule has 0 bridgehead atoms. The van der Waals surface area contributed by atoms with Crippen molar-refractivity contribution < 1.29 is 14.6 Å². The Balaban J connectivity index is 2.54. The molecule has 112 valence electrons. The van der Waals surface area contributed by atoms with Crippen LogP contribution in [-0.2, 0) is 5.60 Å². The molecule has 0 amide bonds. The third-order valence-electron chi connectivity index (χ3n) is 4.06. The molecule has 21 heavy (non-hydrogen) atoms. The Morgan fingerprint density at radius 1 is 0.905 bits per heavy atom. The Morgan fingerprint density at radius 2 is 1.52 bits per heavy atom. The van der Waals surface area contributed by atoms with Gasteiger partial charge in [-0.25, -0.2) is 0 Å². The molecule has 0 aliphatic carbocycles. The Kier molecular flexibility index (Phi) is 4.24. The van der Waals surface area contributed by atoms with E-state index in [1.807, 2.05) is 50.2 Å². The number of aryl methyl sites for hydroxylation is 1. The summed E-state index contributed by atoms with van der Waals surface area (Å²) >= 11 is 0. The smallest absolute Gasteiger partial charge is 0.128 e. The van der Waals surface area contributed by atoms with E-state index < -0.39 is 5.60 Å². The molecule has 2 rings (SSSR count). The molecule has 1 atom stereocenters. The van der Waals surface area contributed by atoms with Gasteiger partial charge >= 0.3 is 0 Å². The maximum atomic E-state index is 11.0. The normalized spacial score (nSPS) is 13.6. The van der Waals surface area contributed by atoms with E-state index in [1.165, 1.54) is 0 Å². The van der Waals surface area contributed by atoms with Crippen molar-refractivity contribution in [1.82, 2.24) is 0 Å². The van der Waals surface area contributed by atoms with Crippen LogP contribution in [0.2, 0.25) is 0 Å². The largest absolute Gasteiger partial charge is 0.497 e. The summed E-state index contributed by atoms with van der Waals surface area (Å²) in [5.41, 5.74) is 2.61. The number of benzene rings is 2. The average Bonchev–Trinajstić information content (AvgIpc) is 2.49. The fourth-order valence-electron chi connectivity index (χ4n) is 2.51. The zero-order valence-corrected chi connectivity index (χ0v) is 13.2. The van der Waals surface area contributed by atoms with Gasteiger partial charge in [-0.1, -0.05) is 24.3 Å². The number of methoxy groups -OCH3 is 2. The van der Waals surface area contributed by atoms with Gasteiger partial charge in [-0.3, -0.25) is 0 Å². The second-order valence-electron chi connectivity index (χ2n) is 5.39. The number of hydrogen-bond acceptors (Lipinski definition) is 3. The Labute approximate surface area is 126 Å². The molecule has 0 saturated carbocycles. The van der Waals surface area contributed by atoms with Crippen LogP contribution in [0, 0.1) is 13.8 Å². The first-order valence-corrected chi connectivity index (χ1v) is 6.93. The van der Waals surface area contributed by atoms with Crippen molar-refractivity contribution in [2.45, 2.75) is 26.4 Å². The van der Waals surface area contributed by atoms with Gasteiger partial charge in [-0.15, -0.1) is 0 Å². The van der Waals surface area contributed by atoms with Crippen molar-refractivity contribution in [3.8, 4) is 11.5 Å². The summed E-state index contributed by atoms with van der Waals surface area (Å²) in [7, 11) is 3.26. The van der Waals surface area contributed by atoms with E-state index in [4.69, 9.17) is 9.47 Å². The van der Waals surface area contributed by atoms with Crippen molar-refractivity contribution in [3.05, 3.63) is 58.7 Å². The lowest BCUT2D eigenvalue weighted by atomic mass is 9.85. The maximum Gasteiger partial charge on any atom is 0.128 e. The molecule has 0 aliphatic rings. The van der Waals surface area contributed by atoms with Gasteiger partial charge in [0, 0.05) is 5.56 Å². The molecule has 0 spiro atoms. The summed E-state index contributed by atoms with van der Waals surface area (Å²) in [5.74, 6) is 1.50. The van der Waals surface area contributed by atoms with Crippen LogP contribution in [0.3, 0.4) is 0 Å². The summed E-state index contributed by atoms with van der Waals surface area (Å²) in [5, 5.41) is 11.0. The first-order valence-electron chi connectivity index (χ1n) is 6.93. The van der Waals surface area contributed by atoms with Crippen LogP contribution in [0.4, 0.5) is 0 Å². The highest BCUT2D eigenvalue weighted by atomic mass is 16.5. The van der Waals surface area contributed by atoms with Crippen LogP contribution in [0.25, 0.3) is 0 Å². The monoisotopic (exact) mass is 286 g/mol. The highest BCUT2D eigenvalue weighted by Crippen LogP contribution is 2.38. The van der Waals surface area contributed by atoms with Crippen LogP contribution in [-0.4, -0.2) is 19.3 Å². The topological polar surface area (TPSA) is 38.7 Å². The third kappa shape index (κ3) is 2.74. The Hall–Kier alpha value is -2.00. The third-order valence-corrected chi connectivity index (χ3v) is 4.06. The van der Waals surface area contributed by atoms with Crippen LogP contribution in [0.1, 0.15) is 29.2 Å². The van der Waals surface area contributed by atoms with Crippen molar-refractivity contribution in [2.24, 2.45) is 0 Å². The number of rotatable bonds is 4. The fraction of sp³-hybridized carbons (Fsp3) is 0.333. The number of ether oxygens (including phenoxy) is 2. The van der Waals surface area contributed by atoms with Crippen LogP contribution in [0.5, 0.6) is 11.5 Å². The maximum absolute atomic E-state index is 11.0. The molecule has 0 radical (unpaired) electrons. The van der Waals surface area contributed by atoms with E-state index in [0.29, 0.717) is 0 Å². The fourth-order valence-corrected chi connectivity index (χ4v) is 2.51. The molecule has 2 aromatic carbocycles. The molecule has 0 saturated heterocycles. The zero-order chi connectivity index (χ0) is 15.6. The minimum atomic E-state index is -1.13. The molecule has 2 aromatic rings. The molecule has 0 aliphatic heterocycles. The minimum absolute atomic E-state index is 0.732. The summed E-state index contributed by atoms with van der Waals surface area (Å²) in [6.45, 7) is 5.81. The highest BCUT2D eigenvalue weighted by Gasteiger charge is 2.30. The lowest BCUT2D eigenvalue weighted by molar-refractivity contribution is 0.0987. The second kappa shape index (κ2) is 5.78. The van der Waals surface area contributed by atoms with Gasteiger partial charge in [-0.2, -0.15) is 0 Å². The van der Waals surface area contributed by atoms with Crippen molar-refractivity contribution in [3.63, 3.8) is 0 Å². The van der Waals surface area contributed by atoms with Crippen molar-refractivity contribution in [2.75, 3.05) is 14.2 Å². The highest BCUT2D eigenvalue weighted by molar-refractivity contribution is 5.51. The van der Waals surface area contributed by atoms with E-state index in [-0.39, 0.29) is 0 Å². The zero-order valence-electron chi connectivity index (χ0n) is 13.2. The second-order valence-corrected chi connectivity index (χ2v) is 5.39. The lowest BCUT2D eigenvalue weighted by Gasteiger charge is -2.28. The Bertz CT molecular complexity index is 628. The first-order chi connectivity index (χ1) is 9.91. The summed E-state index contributed by atoms with van der Waals surface area (Å²) < 4.78 is 10.7. The predicted octanol–water partition coefficient (Wildman–Crippen LogP) is 3.58. The van der Waals surface area contributed by atoms with E-state index in [1.54, 1.807) is 21.1 Å². The van der Waals surface area contributed by atoms with Gasteiger partial charge in [0.15, 0.2) is 0 Å². The molecule has 3 heteroatoms. The molecule has 0 fully saturated rings. The van der Waals surface area contributed by atoms with Crippen LogP contribution >= 0.6 is 0 Å². The van der Waals surface area contributed by atoms with Gasteiger partial charge in [0.25, 0.3) is 0 Å². The first kappa shape index (κ1) is 15.4. The van der Waals surface area contributed by atoms with Gasteiger partial charge in [0.05, 0.1) is 14.2 Å². The standard InChI is InChI=1S/C18H22O3/c1-12-6-11-16(17(21-5)13(12)2)18(3,19)14-7-9-15(20-4)10-8-14/h6-11,19H,1-5H3. The predicted molar refractivity (Wildman–Crippen MR) is 84.1 cm³/mol. The molecule has 0 aromatic heterocycles. The van der Waals surface area contributed by atoms with E-state index in [2.05, 4.69) is 0 Å². The van der Waals surface area contributed by atoms with Gasteiger partial charge in [0.1, 0.15) is 17.1 Å². The van der Waals surface area contributed by atoms with E-state index >= 15 is 0 Å². The SMILES string of the molecule is COc1ccc(C(C)(O)c2ccc(C)c(C)c2OC)cc1. The van der Waals surface area contributed by atoms with Gasteiger partial charge < -0.3 is 14.6 Å². The molecule has 3 nitrogen and oxygen atoms in total. The Morgan fingerprint density at radius 3 is 2.05 bits per heavy atom. The van der Waals surface area contributed by atoms with Gasteiger partial charge in [0.2, 0.25) is 0 Å². The molecule has 1 N–H and O–H groups in total. The number of aliphatic hydroxyl groups is 1. The summed E-state index contributed by atoms with van der Waals surface area (Å²) in [6.07, 6.45) is 0. The van der Waals surface area contributed by atoms with E-state index in [0.717, 1.165) is 33.8 Å².